The summed E-state index contributed by atoms with van der Waals surface area (Å²) in [6.45, 7) is 2.34. The smallest absolute Gasteiger partial charge is 0.387 e. The van der Waals surface area contributed by atoms with Gasteiger partial charge in [0.05, 0.1) is 24.8 Å². The lowest BCUT2D eigenvalue weighted by Crippen LogP contribution is -2.21. The van der Waals surface area contributed by atoms with E-state index < -0.39 is 17.8 Å². The van der Waals surface area contributed by atoms with Gasteiger partial charge in [-0.1, -0.05) is 12.1 Å². The van der Waals surface area contributed by atoms with Gasteiger partial charge in [0.2, 0.25) is 0 Å². The Hall–Kier alpha value is -1.11. The Morgan fingerprint density at radius 1 is 1.29 bits per heavy atom. The van der Waals surface area contributed by atoms with Crippen molar-refractivity contribution in [1.82, 2.24) is 5.48 Å². The number of hydrogen-bond donors (Lipinski definition) is 2. The van der Waals surface area contributed by atoms with Crippen molar-refractivity contribution < 1.29 is 23.1 Å². The zero-order chi connectivity index (χ0) is 12.9. The zero-order valence-corrected chi connectivity index (χ0v) is 9.29. The van der Waals surface area contributed by atoms with E-state index >= 15 is 0 Å². The Labute approximate surface area is 97.2 Å². The van der Waals surface area contributed by atoms with E-state index in [1.165, 1.54) is 12.1 Å². The van der Waals surface area contributed by atoms with E-state index in [1.54, 1.807) is 6.92 Å². The number of nitrogens with one attached hydrogen (secondary N) is 1. The van der Waals surface area contributed by atoms with Gasteiger partial charge in [-0.25, -0.2) is 0 Å². The summed E-state index contributed by atoms with van der Waals surface area (Å²) in [7, 11) is 0. The monoisotopic (exact) mass is 249 g/mol. The van der Waals surface area contributed by atoms with Gasteiger partial charge in [-0.2, -0.15) is 18.7 Å². The van der Waals surface area contributed by atoms with Crippen molar-refractivity contribution >= 4 is 0 Å². The summed E-state index contributed by atoms with van der Waals surface area (Å²) in [5.74, 6) is 0. The van der Waals surface area contributed by atoms with Gasteiger partial charge in [-0.15, -0.1) is 0 Å². The highest BCUT2D eigenvalue weighted by Crippen LogP contribution is 2.29. The third kappa shape index (κ3) is 4.33. The molecule has 96 valence electrons. The first kappa shape index (κ1) is 14.0. The van der Waals surface area contributed by atoms with Crippen molar-refractivity contribution in [2.75, 3.05) is 13.2 Å². The molecule has 2 N–H and O–H groups in total. The van der Waals surface area contributed by atoms with Crippen LogP contribution >= 0.6 is 0 Å². The number of rotatable bonds is 5. The van der Waals surface area contributed by atoms with Crippen molar-refractivity contribution in [1.29, 1.82) is 0 Å². The minimum Gasteiger partial charge on any atom is -0.387 e. The second-order valence-corrected chi connectivity index (χ2v) is 3.42. The molecule has 0 saturated carbocycles. The van der Waals surface area contributed by atoms with Crippen LogP contribution in [0.5, 0.6) is 0 Å². The molecule has 0 saturated heterocycles. The quantitative estimate of drug-likeness (QED) is 0.621. The summed E-state index contributed by atoms with van der Waals surface area (Å²) < 4.78 is 36.8. The van der Waals surface area contributed by atoms with Gasteiger partial charge in [0.15, 0.2) is 0 Å². The largest absolute Gasteiger partial charge is 0.416 e. The van der Waals surface area contributed by atoms with Gasteiger partial charge in [0.25, 0.3) is 0 Å². The van der Waals surface area contributed by atoms with E-state index in [4.69, 9.17) is 4.84 Å². The Bertz CT molecular complexity index is 338. The molecule has 0 aliphatic carbocycles. The second-order valence-electron chi connectivity index (χ2n) is 3.42. The highest BCUT2D eigenvalue weighted by Gasteiger charge is 2.30. The molecule has 1 atom stereocenters. The molecule has 0 aliphatic rings. The highest BCUT2D eigenvalue weighted by molar-refractivity contribution is 5.26. The van der Waals surface area contributed by atoms with Gasteiger partial charge in [-0.05, 0) is 24.6 Å². The first-order valence-corrected chi connectivity index (χ1v) is 5.15. The number of alkyl halides is 3. The lowest BCUT2D eigenvalue weighted by molar-refractivity contribution is -0.137. The first-order valence-electron chi connectivity index (χ1n) is 5.15. The summed E-state index contributed by atoms with van der Waals surface area (Å²) >= 11 is 0. The third-order valence-electron chi connectivity index (χ3n) is 2.15. The van der Waals surface area contributed by atoms with Gasteiger partial charge in [-0.3, -0.25) is 0 Å². The van der Waals surface area contributed by atoms with Gasteiger partial charge < -0.3 is 9.94 Å². The van der Waals surface area contributed by atoms with Gasteiger partial charge in [0, 0.05) is 0 Å². The van der Waals surface area contributed by atoms with E-state index in [1.807, 2.05) is 0 Å². The molecule has 0 aliphatic heterocycles. The Kier molecular flexibility index (Phi) is 4.92. The fourth-order valence-corrected chi connectivity index (χ4v) is 1.25. The van der Waals surface area contributed by atoms with E-state index in [0.717, 1.165) is 12.1 Å². The number of aliphatic hydroxyl groups excluding tert-OH is 1. The summed E-state index contributed by atoms with van der Waals surface area (Å²) in [5, 5.41) is 9.62. The highest BCUT2D eigenvalue weighted by atomic mass is 19.4. The minimum atomic E-state index is -4.35. The van der Waals surface area contributed by atoms with Crippen LogP contribution in [0.25, 0.3) is 0 Å². The molecule has 1 aromatic carbocycles. The molecule has 0 amide bonds. The summed E-state index contributed by atoms with van der Waals surface area (Å²) in [6, 6.07) is 4.39. The van der Waals surface area contributed by atoms with Crippen LogP contribution in [0.4, 0.5) is 13.2 Å². The normalized spacial score (nSPS) is 13.7. The number of halogens is 3. The number of hydrogen-bond acceptors (Lipinski definition) is 3. The van der Waals surface area contributed by atoms with E-state index in [0.29, 0.717) is 12.2 Å². The molecular weight excluding hydrogens is 235 g/mol. The van der Waals surface area contributed by atoms with Crippen molar-refractivity contribution in [3.63, 3.8) is 0 Å². The first-order chi connectivity index (χ1) is 7.95. The van der Waals surface area contributed by atoms with Crippen molar-refractivity contribution in [2.45, 2.75) is 19.2 Å². The van der Waals surface area contributed by atoms with E-state index in [-0.39, 0.29) is 6.54 Å². The molecule has 1 rings (SSSR count). The van der Waals surface area contributed by atoms with Crippen molar-refractivity contribution in [3.8, 4) is 0 Å². The van der Waals surface area contributed by atoms with Crippen LogP contribution in [-0.2, 0) is 11.0 Å². The lowest BCUT2D eigenvalue weighted by Gasteiger charge is -2.13. The molecule has 0 radical (unpaired) electrons. The van der Waals surface area contributed by atoms with Crippen LogP contribution in [0.1, 0.15) is 24.2 Å². The average Bonchev–Trinajstić information content (AvgIpc) is 2.28. The molecule has 6 heteroatoms. The molecule has 1 aromatic rings. The van der Waals surface area contributed by atoms with Crippen molar-refractivity contribution in [2.24, 2.45) is 0 Å². The number of benzene rings is 1. The van der Waals surface area contributed by atoms with Crippen LogP contribution in [0, 0.1) is 0 Å². The van der Waals surface area contributed by atoms with E-state index in [2.05, 4.69) is 5.48 Å². The number of aliphatic hydroxyl groups is 1. The Morgan fingerprint density at radius 2 is 1.88 bits per heavy atom. The van der Waals surface area contributed by atoms with Gasteiger partial charge in [0.1, 0.15) is 0 Å². The second kappa shape index (κ2) is 6.00. The fraction of sp³-hybridized carbons (Fsp3) is 0.455. The van der Waals surface area contributed by atoms with Crippen LogP contribution in [-0.4, -0.2) is 18.3 Å². The molecule has 17 heavy (non-hydrogen) atoms. The maximum atomic E-state index is 12.3. The molecule has 3 nitrogen and oxygen atoms in total. The van der Waals surface area contributed by atoms with Gasteiger partial charge >= 0.3 is 6.18 Å². The topological polar surface area (TPSA) is 41.5 Å². The molecule has 1 unspecified atom stereocenters. The summed E-state index contributed by atoms with van der Waals surface area (Å²) in [6.07, 6.45) is -5.25. The predicted molar refractivity (Wildman–Crippen MR) is 56.0 cm³/mol. The third-order valence-corrected chi connectivity index (χ3v) is 2.15. The molecule has 0 aromatic heterocycles. The maximum absolute atomic E-state index is 12.3. The summed E-state index contributed by atoms with van der Waals surface area (Å²) in [5.41, 5.74) is 2.18. The maximum Gasteiger partial charge on any atom is 0.416 e. The predicted octanol–water partition coefficient (Wildman–Crippen LogP) is 2.28. The summed E-state index contributed by atoms with van der Waals surface area (Å²) in [4.78, 5) is 4.81. The van der Waals surface area contributed by atoms with Crippen molar-refractivity contribution in [3.05, 3.63) is 35.4 Å². The Balaban J connectivity index is 2.61. The number of hydroxylamine groups is 1. The Morgan fingerprint density at radius 3 is 2.35 bits per heavy atom. The SMILES string of the molecule is CCONCC(O)c1ccc(C(F)(F)F)cc1. The average molecular weight is 249 g/mol. The molecule has 0 heterocycles. The fourth-order valence-electron chi connectivity index (χ4n) is 1.25. The van der Waals surface area contributed by atoms with E-state index in [9.17, 15) is 18.3 Å². The van der Waals surface area contributed by atoms with Crippen LogP contribution < -0.4 is 5.48 Å². The standard InChI is InChI=1S/C11H14F3NO2/c1-2-17-15-7-10(16)8-3-5-9(6-4-8)11(12,13)14/h3-6,10,15-16H,2,7H2,1H3. The van der Waals surface area contributed by atoms with Crippen LogP contribution in [0.2, 0.25) is 0 Å². The molecule has 0 fully saturated rings. The zero-order valence-electron chi connectivity index (χ0n) is 9.29. The lowest BCUT2D eigenvalue weighted by atomic mass is 10.1. The molecule has 0 spiro atoms. The minimum absolute atomic E-state index is 0.124. The molecular formula is C11H14F3NO2. The van der Waals surface area contributed by atoms with Crippen LogP contribution in [0.15, 0.2) is 24.3 Å². The van der Waals surface area contributed by atoms with Crippen LogP contribution in [0.3, 0.4) is 0 Å². The molecule has 0 bridgehead atoms.